The number of likely N-dealkylation sites (N-methyl/N-ethyl adjacent to an activating group) is 1. The van der Waals surface area contributed by atoms with Crippen LogP contribution in [-0.2, 0) is 9.59 Å². The van der Waals surface area contributed by atoms with E-state index in [0.717, 1.165) is 12.8 Å². The van der Waals surface area contributed by atoms with Crippen LogP contribution in [0.25, 0.3) is 27.8 Å². The molecule has 0 radical (unpaired) electrons. The van der Waals surface area contributed by atoms with Crippen LogP contribution in [0.4, 0.5) is 10.3 Å². The van der Waals surface area contributed by atoms with E-state index in [2.05, 4.69) is 36.3 Å². The molecule has 39 heavy (non-hydrogen) atoms. The molecule has 1 aromatic carbocycles. The van der Waals surface area contributed by atoms with Gasteiger partial charge in [0.15, 0.2) is 5.65 Å². The van der Waals surface area contributed by atoms with Crippen molar-refractivity contribution in [3.63, 3.8) is 0 Å². The Morgan fingerprint density at radius 1 is 1.18 bits per heavy atom. The first-order valence-corrected chi connectivity index (χ1v) is 13.6. The van der Waals surface area contributed by atoms with Crippen LogP contribution in [0.1, 0.15) is 19.3 Å². The molecule has 200 valence electrons. The third-order valence-electron chi connectivity index (χ3n) is 7.43. The molecule has 3 aromatic heterocycles. The highest BCUT2D eigenvalue weighted by Gasteiger charge is 2.35. The smallest absolute Gasteiger partial charge is 0.241 e. The number of nitrogens with one attached hydrogen (secondary N) is 1. The van der Waals surface area contributed by atoms with Gasteiger partial charge in [-0.25, -0.2) is 14.1 Å². The summed E-state index contributed by atoms with van der Waals surface area (Å²) in [6.45, 7) is 1.27. The first-order chi connectivity index (χ1) is 18.9. The molecule has 10 nitrogen and oxygen atoms in total. The minimum atomic E-state index is -0.392. The number of hydrogen-bond donors (Lipinski definition) is 1. The first kappa shape index (κ1) is 25.4. The zero-order valence-corrected chi connectivity index (χ0v) is 22.8. The average Bonchev–Trinajstić information content (AvgIpc) is 3.54. The Balaban J connectivity index is 1.20. The lowest BCUT2D eigenvalue weighted by Crippen LogP contribution is -2.52. The molecule has 0 spiro atoms. The summed E-state index contributed by atoms with van der Waals surface area (Å²) >= 11 is 3.46. The third-order valence-corrected chi connectivity index (χ3v) is 8.02. The van der Waals surface area contributed by atoms with E-state index in [9.17, 15) is 9.59 Å². The SMILES string of the molecule is CN1CCN(C(=O)[C@@H]2CC[C@@H](Nc3ncc4c(Br)nn(-c5ccc(-c6cccnc6)c(F)c5)c4n3)C2)CC1=O. The van der Waals surface area contributed by atoms with Crippen LogP contribution in [0.3, 0.4) is 0 Å². The second-order valence-electron chi connectivity index (χ2n) is 9.97. The molecule has 1 aliphatic carbocycles. The van der Waals surface area contributed by atoms with Crippen LogP contribution in [-0.4, -0.2) is 79.1 Å². The maximum Gasteiger partial charge on any atom is 0.241 e. The van der Waals surface area contributed by atoms with Gasteiger partial charge in [-0.05, 0) is 53.4 Å². The van der Waals surface area contributed by atoms with E-state index in [1.54, 1.807) is 58.3 Å². The molecule has 6 rings (SSSR count). The Morgan fingerprint density at radius 2 is 2.05 bits per heavy atom. The third kappa shape index (κ3) is 4.96. The van der Waals surface area contributed by atoms with E-state index < -0.39 is 5.82 Å². The van der Waals surface area contributed by atoms with Crippen molar-refractivity contribution in [2.75, 3.05) is 32.0 Å². The predicted octanol–water partition coefficient (Wildman–Crippen LogP) is 3.66. The molecule has 2 fully saturated rings. The van der Waals surface area contributed by atoms with Gasteiger partial charge in [0.05, 0.1) is 17.6 Å². The Kier molecular flexibility index (Phi) is 6.71. The number of halogens is 2. The normalized spacial score (nSPS) is 19.6. The van der Waals surface area contributed by atoms with Crippen LogP contribution in [0.15, 0.2) is 53.5 Å². The van der Waals surface area contributed by atoms with Gasteiger partial charge in [0.1, 0.15) is 10.4 Å². The Bertz CT molecular complexity index is 1560. The Hall–Kier alpha value is -3.93. The lowest BCUT2D eigenvalue weighted by Gasteiger charge is -2.33. The highest BCUT2D eigenvalue weighted by atomic mass is 79.9. The van der Waals surface area contributed by atoms with Gasteiger partial charge < -0.3 is 15.1 Å². The van der Waals surface area contributed by atoms with E-state index in [-0.39, 0.29) is 30.3 Å². The number of pyridine rings is 1. The first-order valence-electron chi connectivity index (χ1n) is 12.8. The topological polar surface area (TPSA) is 109 Å². The molecule has 0 unspecified atom stereocenters. The number of rotatable bonds is 5. The van der Waals surface area contributed by atoms with Gasteiger partial charge in [-0.3, -0.25) is 14.6 Å². The number of aromatic nitrogens is 5. The summed E-state index contributed by atoms with van der Waals surface area (Å²) in [5.74, 6) is -0.106. The largest absolute Gasteiger partial charge is 0.351 e. The molecular weight excluding hydrogens is 567 g/mol. The lowest BCUT2D eigenvalue weighted by atomic mass is 10.1. The Labute approximate surface area is 232 Å². The average molecular weight is 593 g/mol. The number of piperazine rings is 1. The van der Waals surface area contributed by atoms with Crippen LogP contribution in [0, 0.1) is 11.7 Å². The second kappa shape index (κ2) is 10.3. The van der Waals surface area contributed by atoms with Crippen molar-refractivity contribution >= 4 is 44.7 Å². The molecule has 12 heteroatoms. The van der Waals surface area contributed by atoms with E-state index in [1.165, 1.54) is 6.07 Å². The second-order valence-corrected chi connectivity index (χ2v) is 10.7. The van der Waals surface area contributed by atoms with Crippen molar-refractivity contribution in [2.45, 2.75) is 25.3 Å². The summed E-state index contributed by atoms with van der Waals surface area (Å²) < 4.78 is 17.2. The van der Waals surface area contributed by atoms with Crippen molar-refractivity contribution in [3.05, 3.63) is 59.3 Å². The monoisotopic (exact) mass is 592 g/mol. The summed E-state index contributed by atoms with van der Waals surface area (Å²) in [5, 5.41) is 8.57. The Morgan fingerprint density at radius 3 is 2.82 bits per heavy atom. The van der Waals surface area contributed by atoms with Gasteiger partial charge in [-0.15, -0.1) is 0 Å². The predicted molar refractivity (Wildman–Crippen MR) is 147 cm³/mol. The molecule has 2 amide bonds. The summed E-state index contributed by atoms with van der Waals surface area (Å²) in [6.07, 6.45) is 7.12. The number of carbonyl (C=O) groups is 2. The van der Waals surface area contributed by atoms with Crippen molar-refractivity contribution in [3.8, 4) is 16.8 Å². The molecule has 2 atom stereocenters. The van der Waals surface area contributed by atoms with Crippen molar-refractivity contribution in [1.82, 2.24) is 34.5 Å². The zero-order valence-electron chi connectivity index (χ0n) is 21.2. The fourth-order valence-electron chi connectivity index (χ4n) is 5.23. The number of amides is 2. The molecule has 1 N–H and O–H groups in total. The molecule has 0 bridgehead atoms. The summed E-state index contributed by atoms with van der Waals surface area (Å²) in [5.41, 5.74) is 2.18. The van der Waals surface area contributed by atoms with Gasteiger partial charge in [-0.1, -0.05) is 6.07 Å². The number of anilines is 1. The molecule has 4 heterocycles. The molecule has 1 aliphatic heterocycles. The number of fused-ring (bicyclic) bond motifs is 1. The van der Waals surface area contributed by atoms with Gasteiger partial charge in [0.25, 0.3) is 0 Å². The van der Waals surface area contributed by atoms with E-state index in [0.29, 0.717) is 57.9 Å². The van der Waals surface area contributed by atoms with Crippen molar-refractivity contribution in [1.29, 1.82) is 0 Å². The summed E-state index contributed by atoms with van der Waals surface area (Å²) in [7, 11) is 1.76. The number of hydrogen-bond acceptors (Lipinski definition) is 7. The summed E-state index contributed by atoms with van der Waals surface area (Å²) in [4.78, 5) is 41.6. The van der Waals surface area contributed by atoms with E-state index in [4.69, 9.17) is 4.98 Å². The molecule has 4 aromatic rings. The van der Waals surface area contributed by atoms with Crippen molar-refractivity contribution in [2.24, 2.45) is 5.92 Å². The maximum absolute atomic E-state index is 15.1. The van der Waals surface area contributed by atoms with Gasteiger partial charge in [0, 0.05) is 67.9 Å². The highest BCUT2D eigenvalue weighted by molar-refractivity contribution is 9.10. The fraction of sp³-hybridized carbons (Fsp3) is 0.333. The van der Waals surface area contributed by atoms with Crippen LogP contribution < -0.4 is 5.32 Å². The fourth-order valence-corrected chi connectivity index (χ4v) is 5.67. The molecule has 1 saturated carbocycles. The molecule has 2 aliphatic rings. The zero-order chi connectivity index (χ0) is 27.1. The van der Waals surface area contributed by atoms with Crippen LogP contribution in [0.5, 0.6) is 0 Å². The minimum absolute atomic E-state index is 0.0237. The van der Waals surface area contributed by atoms with E-state index >= 15 is 4.39 Å². The number of nitrogens with zero attached hydrogens (tertiary/aromatic N) is 7. The van der Waals surface area contributed by atoms with Gasteiger partial charge >= 0.3 is 0 Å². The lowest BCUT2D eigenvalue weighted by molar-refractivity contribution is -0.146. The molecular formula is C27H26BrFN8O2. The number of carbonyl (C=O) groups excluding carboxylic acids is 2. The van der Waals surface area contributed by atoms with Crippen molar-refractivity contribution < 1.29 is 14.0 Å². The van der Waals surface area contributed by atoms with Gasteiger partial charge in [0.2, 0.25) is 17.8 Å². The summed E-state index contributed by atoms with van der Waals surface area (Å²) in [6, 6.07) is 8.51. The maximum atomic E-state index is 15.1. The van der Waals surface area contributed by atoms with E-state index in [1.807, 2.05) is 6.07 Å². The van der Waals surface area contributed by atoms with Crippen LogP contribution in [0.2, 0.25) is 0 Å². The highest BCUT2D eigenvalue weighted by Crippen LogP contribution is 2.31. The molecule has 1 saturated heterocycles. The quantitative estimate of drug-likeness (QED) is 0.376. The van der Waals surface area contributed by atoms with Crippen LogP contribution >= 0.6 is 15.9 Å². The number of benzene rings is 1. The minimum Gasteiger partial charge on any atom is -0.351 e. The van der Waals surface area contributed by atoms with Gasteiger partial charge in [-0.2, -0.15) is 10.1 Å². The standard InChI is InChI=1S/C27H26BrFN8O2/c1-35-9-10-36(15-23(35)38)26(39)16-4-5-18(11-16)32-27-31-14-21-24(28)34-37(25(21)33-27)19-6-7-20(22(29)12-19)17-3-2-8-30-13-17/h2-3,6-8,12-14,16,18H,4-5,9-11,15H2,1H3,(H,31,32,33)/t16-,18-/m1/s1.